The fraction of sp³-hybridized carbons (Fsp3) is 0.800. The Kier molecular flexibility index (Phi) is 1.84. The highest BCUT2D eigenvalue weighted by Crippen LogP contribution is 2.52. The van der Waals surface area contributed by atoms with Gasteiger partial charge in [0.05, 0.1) is 0 Å². The number of aliphatic carboxylic acids is 1. The van der Waals surface area contributed by atoms with Gasteiger partial charge in [0.1, 0.15) is 5.92 Å². The maximum Gasteiger partial charge on any atom is 0.316 e. The van der Waals surface area contributed by atoms with Crippen LogP contribution in [-0.2, 0) is 9.59 Å². The van der Waals surface area contributed by atoms with E-state index in [-0.39, 0.29) is 17.5 Å². The van der Waals surface area contributed by atoms with Crippen molar-refractivity contribution in [1.29, 1.82) is 0 Å². The number of carbonyl (C=O) groups excluding carboxylic acids is 1. The van der Waals surface area contributed by atoms with Gasteiger partial charge in [-0.3, -0.25) is 9.59 Å². The molecule has 1 saturated carbocycles. The predicted molar refractivity (Wildman–Crippen MR) is 49.7 cm³/mol. The number of nitrogens with zero attached hydrogens (tertiary/aromatic N) is 1. The van der Waals surface area contributed by atoms with Crippen molar-refractivity contribution in [3.05, 3.63) is 0 Å². The van der Waals surface area contributed by atoms with Crippen molar-refractivity contribution in [2.45, 2.75) is 44.7 Å². The van der Waals surface area contributed by atoms with Gasteiger partial charge in [0.2, 0.25) is 5.91 Å². The summed E-state index contributed by atoms with van der Waals surface area (Å²) in [5.74, 6) is -1.95. The molecule has 1 spiro atoms. The third-order valence-corrected chi connectivity index (χ3v) is 3.27. The van der Waals surface area contributed by atoms with Crippen LogP contribution in [0, 0.1) is 5.92 Å². The van der Waals surface area contributed by atoms with Crippen molar-refractivity contribution in [3.8, 4) is 0 Å². The zero-order valence-corrected chi connectivity index (χ0v) is 8.49. The zero-order chi connectivity index (χ0) is 10.5. The van der Waals surface area contributed by atoms with E-state index in [0.29, 0.717) is 6.42 Å². The molecule has 0 aromatic carbocycles. The van der Waals surface area contributed by atoms with E-state index in [4.69, 9.17) is 5.11 Å². The summed E-state index contributed by atoms with van der Waals surface area (Å²) in [6, 6.07) is 0.120. The summed E-state index contributed by atoms with van der Waals surface area (Å²) in [7, 11) is 0. The largest absolute Gasteiger partial charge is 0.481 e. The van der Waals surface area contributed by atoms with Gasteiger partial charge in [-0.2, -0.15) is 0 Å². The van der Waals surface area contributed by atoms with Crippen LogP contribution < -0.4 is 0 Å². The highest BCUT2D eigenvalue weighted by molar-refractivity contribution is 5.99. The fourth-order valence-electron chi connectivity index (χ4n) is 2.55. The lowest BCUT2D eigenvalue weighted by Gasteiger charge is -2.28. The molecule has 1 unspecified atom stereocenters. The molecule has 0 radical (unpaired) electrons. The molecule has 1 saturated heterocycles. The SMILES string of the molecule is CC(C)N1C(=O)C(C(=O)O)CC12CC2. The number of carbonyl (C=O) groups is 2. The van der Waals surface area contributed by atoms with Crippen LogP contribution in [0.5, 0.6) is 0 Å². The first-order valence-corrected chi connectivity index (χ1v) is 5.04. The normalized spacial score (nSPS) is 28.9. The summed E-state index contributed by atoms with van der Waals surface area (Å²) < 4.78 is 0. The number of hydrogen-bond donors (Lipinski definition) is 1. The molecule has 1 heterocycles. The van der Waals surface area contributed by atoms with Crippen LogP contribution in [0.2, 0.25) is 0 Å². The van der Waals surface area contributed by atoms with Gasteiger partial charge in [0.15, 0.2) is 0 Å². The molecule has 14 heavy (non-hydrogen) atoms. The molecule has 78 valence electrons. The lowest BCUT2D eigenvalue weighted by atomic mass is 10.0. The van der Waals surface area contributed by atoms with Crippen molar-refractivity contribution < 1.29 is 14.7 Å². The van der Waals surface area contributed by atoms with Gasteiger partial charge < -0.3 is 10.0 Å². The molecule has 1 aliphatic carbocycles. The lowest BCUT2D eigenvalue weighted by Crippen LogP contribution is -2.41. The Morgan fingerprint density at radius 2 is 2.14 bits per heavy atom. The van der Waals surface area contributed by atoms with E-state index >= 15 is 0 Å². The van der Waals surface area contributed by atoms with Crippen LogP contribution in [0.4, 0.5) is 0 Å². The van der Waals surface area contributed by atoms with Crippen molar-refractivity contribution in [2.75, 3.05) is 0 Å². The number of carboxylic acids is 1. The average molecular weight is 197 g/mol. The molecule has 1 aliphatic heterocycles. The number of rotatable bonds is 2. The molecule has 1 atom stereocenters. The monoisotopic (exact) mass is 197 g/mol. The van der Waals surface area contributed by atoms with Crippen molar-refractivity contribution in [1.82, 2.24) is 4.90 Å². The Balaban J connectivity index is 2.25. The molecule has 0 aromatic rings. The Morgan fingerprint density at radius 1 is 1.57 bits per heavy atom. The predicted octanol–water partition coefficient (Wildman–Crippen LogP) is 0.860. The van der Waals surface area contributed by atoms with Crippen molar-refractivity contribution in [3.63, 3.8) is 0 Å². The summed E-state index contributed by atoms with van der Waals surface area (Å²) in [6.45, 7) is 3.89. The lowest BCUT2D eigenvalue weighted by molar-refractivity contribution is -0.148. The molecule has 0 aromatic heterocycles. The van der Waals surface area contributed by atoms with E-state index in [1.807, 2.05) is 13.8 Å². The molecule has 0 bridgehead atoms. The molecule has 2 aliphatic rings. The summed E-state index contributed by atoms with van der Waals surface area (Å²) in [6.07, 6.45) is 2.46. The number of amides is 1. The van der Waals surface area contributed by atoms with Crippen LogP contribution in [0.3, 0.4) is 0 Å². The van der Waals surface area contributed by atoms with Gasteiger partial charge in [-0.25, -0.2) is 0 Å². The Labute approximate surface area is 82.9 Å². The molecule has 2 rings (SSSR count). The Morgan fingerprint density at radius 3 is 2.43 bits per heavy atom. The minimum atomic E-state index is -0.968. The van der Waals surface area contributed by atoms with Crippen molar-refractivity contribution >= 4 is 11.9 Å². The van der Waals surface area contributed by atoms with E-state index in [2.05, 4.69) is 0 Å². The van der Waals surface area contributed by atoms with Gasteiger partial charge in [-0.1, -0.05) is 0 Å². The third kappa shape index (κ3) is 1.13. The Bertz CT molecular complexity index is 294. The second-order valence-electron chi connectivity index (χ2n) is 4.62. The summed E-state index contributed by atoms with van der Waals surface area (Å²) >= 11 is 0. The third-order valence-electron chi connectivity index (χ3n) is 3.27. The highest BCUT2D eigenvalue weighted by atomic mass is 16.4. The second kappa shape index (κ2) is 2.72. The van der Waals surface area contributed by atoms with Crippen LogP contribution in [0.25, 0.3) is 0 Å². The highest BCUT2D eigenvalue weighted by Gasteiger charge is 2.60. The Hall–Kier alpha value is -1.06. The molecule has 4 nitrogen and oxygen atoms in total. The molecular formula is C10H15NO3. The molecule has 1 N–H and O–H groups in total. The maximum atomic E-state index is 11.8. The molecular weight excluding hydrogens is 182 g/mol. The van der Waals surface area contributed by atoms with E-state index in [1.54, 1.807) is 4.90 Å². The van der Waals surface area contributed by atoms with Gasteiger partial charge in [-0.05, 0) is 33.1 Å². The minimum Gasteiger partial charge on any atom is -0.481 e. The van der Waals surface area contributed by atoms with Gasteiger partial charge in [0, 0.05) is 11.6 Å². The summed E-state index contributed by atoms with van der Waals surface area (Å²) in [5.41, 5.74) is -0.0890. The van der Waals surface area contributed by atoms with Crippen LogP contribution in [-0.4, -0.2) is 33.5 Å². The first-order valence-electron chi connectivity index (χ1n) is 5.04. The van der Waals surface area contributed by atoms with E-state index in [9.17, 15) is 9.59 Å². The first kappa shape index (κ1) is 9.49. The van der Waals surface area contributed by atoms with Crippen molar-refractivity contribution in [2.24, 2.45) is 5.92 Å². The second-order valence-corrected chi connectivity index (χ2v) is 4.62. The maximum absolute atomic E-state index is 11.8. The van der Waals surface area contributed by atoms with Gasteiger partial charge in [-0.15, -0.1) is 0 Å². The first-order chi connectivity index (χ1) is 6.48. The number of carboxylic acid groups (broad SMARTS) is 1. The number of hydrogen-bond acceptors (Lipinski definition) is 2. The summed E-state index contributed by atoms with van der Waals surface area (Å²) in [4.78, 5) is 24.4. The molecule has 1 amide bonds. The topological polar surface area (TPSA) is 57.6 Å². The van der Waals surface area contributed by atoms with E-state index in [1.165, 1.54) is 0 Å². The van der Waals surface area contributed by atoms with Crippen LogP contribution in [0.15, 0.2) is 0 Å². The van der Waals surface area contributed by atoms with Crippen LogP contribution >= 0.6 is 0 Å². The zero-order valence-electron chi connectivity index (χ0n) is 8.49. The standard InChI is InChI=1S/C10H15NO3/c1-6(2)11-8(12)7(9(13)14)5-10(11)3-4-10/h6-7H,3-5H2,1-2H3,(H,13,14). The van der Waals surface area contributed by atoms with E-state index in [0.717, 1.165) is 12.8 Å². The summed E-state index contributed by atoms with van der Waals surface area (Å²) in [5, 5.41) is 8.90. The minimum absolute atomic E-state index is 0.0890. The smallest absolute Gasteiger partial charge is 0.316 e. The van der Waals surface area contributed by atoms with Gasteiger partial charge in [0.25, 0.3) is 0 Å². The fourth-order valence-corrected chi connectivity index (χ4v) is 2.55. The molecule has 4 heteroatoms. The average Bonchev–Trinajstić information content (AvgIpc) is 2.72. The number of likely N-dealkylation sites (tertiary alicyclic amines) is 1. The van der Waals surface area contributed by atoms with Crippen LogP contribution in [0.1, 0.15) is 33.1 Å². The molecule has 2 fully saturated rings. The van der Waals surface area contributed by atoms with Gasteiger partial charge >= 0.3 is 5.97 Å². The quantitative estimate of drug-likeness (QED) is 0.668. The van der Waals surface area contributed by atoms with E-state index < -0.39 is 11.9 Å².